The fourth-order valence-corrected chi connectivity index (χ4v) is 1.76. The van der Waals surface area contributed by atoms with Gasteiger partial charge in [-0.15, -0.1) is 0 Å². The van der Waals surface area contributed by atoms with Crippen LogP contribution in [0.25, 0.3) is 0 Å². The zero-order valence-corrected chi connectivity index (χ0v) is 9.52. The van der Waals surface area contributed by atoms with Gasteiger partial charge in [0.05, 0.1) is 0 Å². The summed E-state index contributed by atoms with van der Waals surface area (Å²) in [6.45, 7) is 1.93. The molecular formula is C10H9Cl2N3. The summed E-state index contributed by atoms with van der Waals surface area (Å²) in [7, 11) is 0. The Labute approximate surface area is 97.4 Å². The van der Waals surface area contributed by atoms with Crippen LogP contribution in [0.5, 0.6) is 0 Å². The van der Waals surface area contributed by atoms with E-state index in [1.165, 1.54) is 0 Å². The van der Waals surface area contributed by atoms with Gasteiger partial charge in [-0.2, -0.15) is 0 Å². The number of imidazole rings is 1. The zero-order chi connectivity index (χ0) is 10.8. The molecule has 0 aliphatic heterocycles. The van der Waals surface area contributed by atoms with Crippen molar-refractivity contribution in [3.63, 3.8) is 0 Å². The van der Waals surface area contributed by atoms with E-state index in [1.807, 2.05) is 6.92 Å². The Morgan fingerprint density at radius 2 is 1.87 bits per heavy atom. The van der Waals surface area contributed by atoms with Crippen LogP contribution in [0.1, 0.15) is 5.69 Å². The fraction of sp³-hybridized carbons (Fsp3) is 0.100. The van der Waals surface area contributed by atoms with Crippen LogP contribution in [0.2, 0.25) is 10.0 Å². The van der Waals surface area contributed by atoms with Crippen LogP contribution in [0.15, 0.2) is 24.4 Å². The molecule has 2 rings (SSSR count). The third kappa shape index (κ3) is 2.64. The number of aromatic nitrogens is 2. The fourth-order valence-electron chi connectivity index (χ4n) is 1.24. The van der Waals surface area contributed by atoms with Crippen LogP contribution in [-0.2, 0) is 0 Å². The maximum Gasteiger partial charge on any atom is 0.204 e. The summed E-state index contributed by atoms with van der Waals surface area (Å²) in [6.07, 6.45) is 1.74. The Hall–Kier alpha value is -1.19. The van der Waals surface area contributed by atoms with Crippen LogP contribution in [0.3, 0.4) is 0 Å². The van der Waals surface area contributed by atoms with E-state index in [9.17, 15) is 0 Å². The van der Waals surface area contributed by atoms with Gasteiger partial charge in [-0.1, -0.05) is 23.2 Å². The van der Waals surface area contributed by atoms with Crippen LogP contribution in [0, 0.1) is 6.92 Å². The number of H-pyrrole nitrogens is 1. The Bertz CT molecular complexity index is 459. The monoisotopic (exact) mass is 241 g/mol. The summed E-state index contributed by atoms with van der Waals surface area (Å²) in [5.41, 5.74) is 1.80. The molecule has 3 nitrogen and oxygen atoms in total. The Morgan fingerprint density at radius 1 is 1.20 bits per heavy atom. The lowest BCUT2D eigenvalue weighted by Crippen LogP contribution is -1.92. The Balaban J connectivity index is 2.24. The third-order valence-corrected chi connectivity index (χ3v) is 2.26. The van der Waals surface area contributed by atoms with E-state index in [0.717, 1.165) is 11.4 Å². The van der Waals surface area contributed by atoms with Gasteiger partial charge in [-0.25, -0.2) is 4.98 Å². The van der Waals surface area contributed by atoms with Gasteiger partial charge >= 0.3 is 0 Å². The van der Waals surface area contributed by atoms with Gasteiger partial charge in [0.2, 0.25) is 5.95 Å². The number of halogens is 2. The van der Waals surface area contributed by atoms with Crippen molar-refractivity contribution >= 4 is 34.8 Å². The van der Waals surface area contributed by atoms with E-state index in [-0.39, 0.29) is 0 Å². The standard InChI is InChI=1S/C10H9Cl2N3/c1-6-5-13-10(14-6)15-9-3-7(11)2-8(12)4-9/h2-5H,1H3,(H2,13,14,15). The lowest BCUT2D eigenvalue weighted by molar-refractivity contribution is 1.24. The molecule has 2 aromatic rings. The first-order valence-corrected chi connectivity index (χ1v) is 5.14. The van der Waals surface area contributed by atoms with Gasteiger partial charge in [0.25, 0.3) is 0 Å². The van der Waals surface area contributed by atoms with Crippen LogP contribution in [-0.4, -0.2) is 9.97 Å². The normalized spacial score (nSPS) is 10.3. The molecule has 0 fully saturated rings. The van der Waals surface area contributed by atoms with E-state index >= 15 is 0 Å². The largest absolute Gasteiger partial charge is 0.328 e. The van der Waals surface area contributed by atoms with E-state index in [0.29, 0.717) is 16.0 Å². The molecule has 0 saturated heterocycles. The molecule has 0 saturated carbocycles. The van der Waals surface area contributed by atoms with E-state index in [2.05, 4.69) is 15.3 Å². The van der Waals surface area contributed by atoms with Gasteiger partial charge in [0.1, 0.15) is 0 Å². The lowest BCUT2D eigenvalue weighted by atomic mass is 10.3. The summed E-state index contributed by atoms with van der Waals surface area (Å²) in [5.74, 6) is 0.672. The summed E-state index contributed by atoms with van der Waals surface area (Å²) < 4.78 is 0. The molecular weight excluding hydrogens is 233 g/mol. The van der Waals surface area contributed by atoms with Gasteiger partial charge in [-0.3, -0.25) is 0 Å². The number of aryl methyl sites for hydroxylation is 1. The molecule has 78 valence electrons. The highest BCUT2D eigenvalue weighted by atomic mass is 35.5. The summed E-state index contributed by atoms with van der Waals surface area (Å²) >= 11 is 11.7. The van der Waals surface area contributed by atoms with Gasteiger partial charge < -0.3 is 10.3 Å². The maximum absolute atomic E-state index is 5.87. The van der Waals surface area contributed by atoms with Gasteiger partial charge in [-0.05, 0) is 25.1 Å². The molecule has 0 aliphatic rings. The summed E-state index contributed by atoms with van der Waals surface area (Å²) in [5, 5.41) is 4.25. The minimum atomic E-state index is 0.591. The van der Waals surface area contributed by atoms with E-state index in [4.69, 9.17) is 23.2 Å². The Morgan fingerprint density at radius 3 is 2.40 bits per heavy atom. The maximum atomic E-state index is 5.87. The smallest absolute Gasteiger partial charge is 0.204 e. The molecule has 1 aromatic heterocycles. The minimum absolute atomic E-state index is 0.591. The number of hydrogen-bond acceptors (Lipinski definition) is 2. The molecule has 0 atom stereocenters. The van der Waals surface area contributed by atoms with Crippen LogP contribution < -0.4 is 5.32 Å². The van der Waals surface area contributed by atoms with Crippen molar-refractivity contribution < 1.29 is 0 Å². The predicted molar refractivity (Wildman–Crippen MR) is 63.1 cm³/mol. The minimum Gasteiger partial charge on any atom is -0.328 e. The molecule has 1 heterocycles. The van der Waals surface area contributed by atoms with Crippen molar-refractivity contribution in [1.82, 2.24) is 9.97 Å². The lowest BCUT2D eigenvalue weighted by Gasteiger charge is -2.03. The van der Waals surface area contributed by atoms with Gasteiger partial charge in [0.15, 0.2) is 0 Å². The molecule has 15 heavy (non-hydrogen) atoms. The second-order valence-corrected chi connectivity index (χ2v) is 4.07. The molecule has 1 aromatic carbocycles. The first-order valence-electron chi connectivity index (χ1n) is 4.38. The third-order valence-electron chi connectivity index (χ3n) is 1.83. The van der Waals surface area contributed by atoms with Crippen molar-refractivity contribution in [3.8, 4) is 0 Å². The second-order valence-electron chi connectivity index (χ2n) is 3.20. The van der Waals surface area contributed by atoms with Crippen molar-refractivity contribution in [2.75, 3.05) is 5.32 Å². The number of nitrogens with zero attached hydrogens (tertiary/aromatic N) is 1. The highest BCUT2D eigenvalue weighted by molar-refractivity contribution is 6.35. The highest BCUT2D eigenvalue weighted by Crippen LogP contribution is 2.24. The molecule has 0 amide bonds. The van der Waals surface area contributed by atoms with Crippen molar-refractivity contribution in [1.29, 1.82) is 0 Å². The number of anilines is 2. The molecule has 0 spiro atoms. The zero-order valence-electron chi connectivity index (χ0n) is 8.01. The molecule has 5 heteroatoms. The quantitative estimate of drug-likeness (QED) is 0.841. The Kier molecular flexibility index (Phi) is 2.84. The van der Waals surface area contributed by atoms with Crippen LogP contribution in [0.4, 0.5) is 11.6 Å². The SMILES string of the molecule is Cc1cnc(Nc2cc(Cl)cc(Cl)c2)[nH]1. The molecule has 0 aliphatic carbocycles. The number of nitrogens with one attached hydrogen (secondary N) is 2. The predicted octanol–water partition coefficient (Wildman–Crippen LogP) is 3.77. The van der Waals surface area contributed by atoms with E-state index < -0.39 is 0 Å². The van der Waals surface area contributed by atoms with Crippen molar-refractivity contribution in [3.05, 3.63) is 40.1 Å². The van der Waals surface area contributed by atoms with E-state index in [1.54, 1.807) is 24.4 Å². The average Bonchev–Trinajstić information content (AvgIpc) is 2.49. The number of benzene rings is 1. The van der Waals surface area contributed by atoms with Crippen molar-refractivity contribution in [2.24, 2.45) is 0 Å². The molecule has 0 bridgehead atoms. The number of rotatable bonds is 2. The highest BCUT2D eigenvalue weighted by Gasteiger charge is 2.00. The second kappa shape index (κ2) is 4.13. The van der Waals surface area contributed by atoms with Crippen molar-refractivity contribution in [2.45, 2.75) is 6.92 Å². The molecule has 0 radical (unpaired) electrons. The van der Waals surface area contributed by atoms with Crippen LogP contribution >= 0.6 is 23.2 Å². The van der Waals surface area contributed by atoms with Gasteiger partial charge in [0, 0.05) is 27.6 Å². The first-order chi connectivity index (χ1) is 7.13. The summed E-state index contributed by atoms with van der Waals surface area (Å²) in [6, 6.07) is 5.25. The number of aromatic amines is 1. The molecule has 0 unspecified atom stereocenters. The average molecular weight is 242 g/mol. The number of hydrogen-bond donors (Lipinski definition) is 2. The first kappa shape index (κ1) is 10.3. The summed E-state index contributed by atoms with van der Waals surface area (Å²) in [4.78, 5) is 7.17. The molecule has 2 N–H and O–H groups in total. The topological polar surface area (TPSA) is 40.7 Å².